The van der Waals surface area contributed by atoms with Crippen LogP contribution in [0.1, 0.15) is 26.2 Å². The van der Waals surface area contributed by atoms with E-state index in [0.717, 1.165) is 36.4 Å². The van der Waals surface area contributed by atoms with Crippen molar-refractivity contribution in [2.24, 2.45) is 18.9 Å². The van der Waals surface area contributed by atoms with E-state index in [-0.39, 0.29) is 23.5 Å². The maximum absolute atomic E-state index is 12.3. The summed E-state index contributed by atoms with van der Waals surface area (Å²) in [5, 5.41) is 3.13. The third-order valence-corrected chi connectivity index (χ3v) is 6.16. The number of carbonyl (C=O) groups excluding carboxylic acids is 1. The van der Waals surface area contributed by atoms with Crippen molar-refractivity contribution in [3.8, 4) is 0 Å². The van der Waals surface area contributed by atoms with E-state index < -0.39 is 0 Å². The van der Waals surface area contributed by atoms with Gasteiger partial charge in [0.05, 0.1) is 31.7 Å². The predicted molar refractivity (Wildman–Crippen MR) is 95.6 cm³/mol. The number of ether oxygens (including phenoxy) is 1. The molecular formula is C18H24N6O2. The van der Waals surface area contributed by atoms with Gasteiger partial charge in [0.15, 0.2) is 5.65 Å². The molecule has 2 saturated heterocycles. The van der Waals surface area contributed by atoms with Crippen molar-refractivity contribution in [3.63, 3.8) is 0 Å². The Kier molecular flexibility index (Phi) is 3.47. The smallest absolute Gasteiger partial charge is 0.227 e. The Morgan fingerprint density at radius 1 is 1.46 bits per heavy atom. The zero-order valence-electron chi connectivity index (χ0n) is 15.2. The van der Waals surface area contributed by atoms with E-state index in [1.807, 2.05) is 11.6 Å². The van der Waals surface area contributed by atoms with Crippen molar-refractivity contribution in [3.05, 3.63) is 12.5 Å². The molecule has 4 unspecified atom stereocenters. The summed E-state index contributed by atoms with van der Waals surface area (Å²) >= 11 is 0. The summed E-state index contributed by atoms with van der Waals surface area (Å²) in [5.41, 5.74) is 1.32. The first-order valence-electron chi connectivity index (χ1n) is 9.41. The minimum atomic E-state index is -0.318. The van der Waals surface area contributed by atoms with E-state index in [2.05, 4.69) is 27.1 Å². The van der Waals surface area contributed by atoms with E-state index in [1.54, 1.807) is 12.5 Å². The van der Waals surface area contributed by atoms with Gasteiger partial charge in [-0.1, -0.05) is 13.3 Å². The molecule has 0 aromatic carbocycles. The summed E-state index contributed by atoms with van der Waals surface area (Å²) in [4.78, 5) is 28.0. The lowest BCUT2D eigenvalue weighted by Gasteiger charge is -2.33. The molecule has 138 valence electrons. The summed E-state index contributed by atoms with van der Waals surface area (Å²) in [6.45, 7) is 4.09. The number of hydrogen-bond donors (Lipinski definition) is 1. The Hall–Kier alpha value is -2.22. The summed E-state index contributed by atoms with van der Waals surface area (Å²) < 4.78 is 7.97. The van der Waals surface area contributed by atoms with Crippen molar-refractivity contribution in [2.45, 2.75) is 37.8 Å². The molecule has 3 aliphatic rings. The number of anilines is 1. The zero-order valence-corrected chi connectivity index (χ0v) is 15.2. The number of hydrogen-bond acceptors (Lipinski definition) is 6. The second-order valence-corrected chi connectivity index (χ2v) is 7.94. The third-order valence-electron chi connectivity index (χ3n) is 6.16. The normalized spacial score (nSPS) is 32.4. The van der Waals surface area contributed by atoms with Crippen molar-refractivity contribution >= 4 is 23.0 Å². The molecule has 1 amide bonds. The lowest BCUT2D eigenvalue weighted by atomic mass is 10.0. The fourth-order valence-corrected chi connectivity index (χ4v) is 4.43. The van der Waals surface area contributed by atoms with Crippen LogP contribution in [0.15, 0.2) is 12.5 Å². The van der Waals surface area contributed by atoms with Gasteiger partial charge in [0.1, 0.15) is 11.1 Å². The highest BCUT2D eigenvalue weighted by Gasteiger charge is 2.52. The highest BCUT2D eigenvalue weighted by atomic mass is 16.5. The Bertz CT molecular complexity index is 866. The number of rotatable bonds is 5. The van der Waals surface area contributed by atoms with Gasteiger partial charge in [-0.15, -0.1) is 0 Å². The van der Waals surface area contributed by atoms with Crippen LogP contribution in [0.5, 0.6) is 0 Å². The molecular weight excluding hydrogens is 332 g/mol. The van der Waals surface area contributed by atoms with Crippen LogP contribution in [0, 0.1) is 11.8 Å². The molecule has 4 heterocycles. The molecule has 3 fully saturated rings. The van der Waals surface area contributed by atoms with Crippen LogP contribution in [0.3, 0.4) is 0 Å². The Morgan fingerprint density at radius 3 is 3.15 bits per heavy atom. The first-order chi connectivity index (χ1) is 12.6. The van der Waals surface area contributed by atoms with Crippen molar-refractivity contribution in [2.75, 3.05) is 24.6 Å². The number of nitrogens with one attached hydrogen (secondary N) is 1. The standard InChI is InChI=1S/C18H24N6O2/c1-3-11-4-13(11)16(25)20-8-18-5-12(7-26-18)24(9-18)17-19-6-14-15(22-17)23(2)10-21-14/h6,10-13H,3-5,7-9H2,1-2H3,(H,20,25). The Balaban J connectivity index is 1.29. The third kappa shape index (κ3) is 2.46. The predicted octanol–water partition coefficient (Wildman–Crippen LogP) is 0.873. The average Bonchev–Trinajstić information content (AvgIpc) is 3.01. The van der Waals surface area contributed by atoms with E-state index in [0.29, 0.717) is 25.6 Å². The lowest BCUT2D eigenvalue weighted by Crippen LogP contribution is -2.49. The van der Waals surface area contributed by atoms with Crippen LogP contribution in [-0.4, -0.2) is 56.8 Å². The quantitative estimate of drug-likeness (QED) is 0.856. The number of aryl methyl sites for hydroxylation is 1. The lowest BCUT2D eigenvalue weighted by molar-refractivity contribution is -0.124. The second-order valence-electron chi connectivity index (χ2n) is 7.94. The van der Waals surface area contributed by atoms with Gasteiger partial charge in [-0.25, -0.2) is 9.97 Å². The number of fused-ring (bicyclic) bond motifs is 3. The van der Waals surface area contributed by atoms with Crippen LogP contribution < -0.4 is 10.2 Å². The molecule has 5 rings (SSSR count). The maximum atomic E-state index is 12.3. The van der Waals surface area contributed by atoms with E-state index in [1.165, 1.54) is 0 Å². The molecule has 4 atom stereocenters. The fraction of sp³-hybridized carbons (Fsp3) is 0.667. The molecule has 0 spiro atoms. The van der Waals surface area contributed by atoms with Crippen molar-refractivity contribution in [1.29, 1.82) is 0 Å². The van der Waals surface area contributed by atoms with Gasteiger partial charge in [-0.2, -0.15) is 4.98 Å². The van der Waals surface area contributed by atoms with Gasteiger partial charge >= 0.3 is 0 Å². The number of nitrogens with zero attached hydrogens (tertiary/aromatic N) is 5. The molecule has 2 aliphatic heterocycles. The van der Waals surface area contributed by atoms with Gasteiger partial charge < -0.3 is 19.5 Å². The van der Waals surface area contributed by atoms with Gasteiger partial charge in [0.25, 0.3) is 0 Å². The van der Waals surface area contributed by atoms with E-state index in [4.69, 9.17) is 9.72 Å². The molecule has 1 saturated carbocycles. The topological polar surface area (TPSA) is 85.2 Å². The van der Waals surface area contributed by atoms with Crippen LogP contribution >= 0.6 is 0 Å². The molecule has 2 aromatic heterocycles. The van der Waals surface area contributed by atoms with Gasteiger partial charge in [0.2, 0.25) is 11.9 Å². The summed E-state index contributed by atoms with van der Waals surface area (Å²) in [6.07, 6.45) is 6.55. The van der Waals surface area contributed by atoms with Gasteiger partial charge in [0, 0.05) is 25.9 Å². The van der Waals surface area contributed by atoms with Crippen LogP contribution in [0.4, 0.5) is 5.95 Å². The van der Waals surface area contributed by atoms with Crippen LogP contribution in [0.2, 0.25) is 0 Å². The minimum Gasteiger partial charge on any atom is -0.369 e. The molecule has 2 aromatic rings. The summed E-state index contributed by atoms with van der Waals surface area (Å²) in [7, 11) is 1.93. The summed E-state index contributed by atoms with van der Waals surface area (Å²) in [6, 6.07) is 0.266. The van der Waals surface area contributed by atoms with Crippen molar-refractivity contribution < 1.29 is 9.53 Å². The highest BCUT2D eigenvalue weighted by Crippen LogP contribution is 2.42. The molecule has 0 radical (unpaired) electrons. The van der Waals surface area contributed by atoms with Gasteiger partial charge in [-0.3, -0.25) is 4.79 Å². The number of aromatic nitrogens is 4. The fourth-order valence-electron chi connectivity index (χ4n) is 4.43. The first-order valence-corrected chi connectivity index (χ1v) is 9.41. The molecule has 1 N–H and O–H groups in total. The monoisotopic (exact) mass is 356 g/mol. The van der Waals surface area contributed by atoms with Crippen LogP contribution in [0.25, 0.3) is 11.2 Å². The Morgan fingerprint density at radius 2 is 2.35 bits per heavy atom. The minimum absolute atomic E-state index is 0.185. The molecule has 1 aliphatic carbocycles. The highest BCUT2D eigenvalue weighted by molar-refractivity contribution is 5.81. The first kappa shape index (κ1) is 16.0. The number of morpholine rings is 1. The largest absolute Gasteiger partial charge is 0.369 e. The average molecular weight is 356 g/mol. The molecule has 26 heavy (non-hydrogen) atoms. The molecule has 8 nitrogen and oxygen atoms in total. The SMILES string of the molecule is CCC1CC1C(=O)NCC12CC(CO1)N(c1ncc3ncn(C)c3n1)C2. The zero-order chi connectivity index (χ0) is 17.9. The second kappa shape index (κ2) is 5.64. The summed E-state index contributed by atoms with van der Waals surface area (Å²) in [5.74, 6) is 1.69. The number of imidazole rings is 1. The van der Waals surface area contributed by atoms with E-state index >= 15 is 0 Å². The van der Waals surface area contributed by atoms with Gasteiger partial charge in [-0.05, 0) is 12.3 Å². The van der Waals surface area contributed by atoms with Crippen LogP contribution in [-0.2, 0) is 16.6 Å². The molecule has 8 heteroatoms. The Labute approximate surface area is 152 Å². The number of amides is 1. The maximum Gasteiger partial charge on any atom is 0.227 e. The van der Waals surface area contributed by atoms with Crippen molar-refractivity contribution in [1.82, 2.24) is 24.8 Å². The number of carbonyl (C=O) groups is 1. The van der Waals surface area contributed by atoms with E-state index in [9.17, 15) is 4.79 Å². The molecule has 2 bridgehead atoms.